The zero-order valence-electron chi connectivity index (χ0n) is 10.2. The number of nitrogens with zero attached hydrogens (tertiary/aromatic N) is 1. The minimum atomic E-state index is -4.50. The zero-order chi connectivity index (χ0) is 14.8. The molecule has 102 valence electrons. The van der Waals surface area contributed by atoms with Crippen LogP contribution in [-0.4, -0.2) is 0 Å². The topological polar surface area (TPSA) is 61.8 Å². The maximum atomic E-state index is 12.7. The van der Waals surface area contributed by atoms with Crippen molar-refractivity contribution in [2.45, 2.75) is 6.18 Å². The van der Waals surface area contributed by atoms with E-state index < -0.39 is 11.7 Å². The van der Waals surface area contributed by atoms with Crippen LogP contribution in [-0.2, 0) is 6.18 Å². The quantitative estimate of drug-likeness (QED) is 0.818. The highest BCUT2D eigenvalue weighted by molar-refractivity contribution is 5.65. The molecule has 20 heavy (non-hydrogen) atoms. The number of nitrogens with one attached hydrogen (secondary N) is 1. The number of benzene rings is 2. The normalized spacial score (nSPS) is 10.9. The van der Waals surface area contributed by atoms with Gasteiger partial charge in [-0.3, -0.25) is 0 Å². The first-order valence-electron chi connectivity index (χ1n) is 5.64. The van der Waals surface area contributed by atoms with Gasteiger partial charge in [-0.2, -0.15) is 18.4 Å². The van der Waals surface area contributed by atoms with Crippen molar-refractivity contribution >= 4 is 17.1 Å². The Kier molecular flexibility index (Phi) is 3.53. The van der Waals surface area contributed by atoms with Gasteiger partial charge in [0.05, 0.1) is 17.2 Å². The third-order valence-electron chi connectivity index (χ3n) is 2.64. The Balaban J connectivity index is 2.33. The van der Waals surface area contributed by atoms with Crippen molar-refractivity contribution in [3.8, 4) is 6.07 Å². The summed E-state index contributed by atoms with van der Waals surface area (Å²) in [6, 6.07) is 12.0. The summed E-state index contributed by atoms with van der Waals surface area (Å²) in [6.45, 7) is 0. The zero-order valence-corrected chi connectivity index (χ0v) is 10.2. The van der Waals surface area contributed by atoms with E-state index >= 15 is 0 Å². The molecule has 0 unspecified atom stereocenters. The summed E-state index contributed by atoms with van der Waals surface area (Å²) in [5.41, 5.74) is 5.31. The minimum absolute atomic E-state index is 0.251. The average Bonchev–Trinajstić information content (AvgIpc) is 2.40. The Morgan fingerprint density at radius 1 is 1.05 bits per heavy atom. The molecule has 0 saturated heterocycles. The van der Waals surface area contributed by atoms with Crippen LogP contribution in [0.15, 0.2) is 42.5 Å². The predicted molar refractivity (Wildman–Crippen MR) is 70.3 cm³/mol. The fourth-order valence-electron chi connectivity index (χ4n) is 1.71. The van der Waals surface area contributed by atoms with Crippen molar-refractivity contribution in [3.05, 3.63) is 53.6 Å². The molecule has 0 radical (unpaired) electrons. The lowest BCUT2D eigenvalue weighted by Crippen LogP contribution is -2.09. The van der Waals surface area contributed by atoms with Gasteiger partial charge in [-0.15, -0.1) is 0 Å². The molecule has 2 aromatic rings. The molecule has 0 bridgehead atoms. The van der Waals surface area contributed by atoms with Crippen LogP contribution >= 0.6 is 0 Å². The van der Waals surface area contributed by atoms with Crippen molar-refractivity contribution in [1.29, 1.82) is 5.26 Å². The van der Waals surface area contributed by atoms with Crippen molar-refractivity contribution in [2.75, 3.05) is 11.1 Å². The van der Waals surface area contributed by atoms with Gasteiger partial charge < -0.3 is 11.1 Å². The highest BCUT2D eigenvalue weighted by Gasteiger charge is 2.33. The van der Waals surface area contributed by atoms with Gasteiger partial charge in [0.15, 0.2) is 0 Å². The van der Waals surface area contributed by atoms with E-state index in [1.165, 1.54) is 12.1 Å². The number of nitriles is 1. The second kappa shape index (κ2) is 5.13. The van der Waals surface area contributed by atoms with Gasteiger partial charge in [-0.1, -0.05) is 6.07 Å². The van der Waals surface area contributed by atoms with E-state index in [4.69, 9.17) is 11.0 Å². The summed E-state index contributed by atoms with van der Waals surface area (Å²) >= 11 is 0. The van der Waals surface area contributed by atoms with Crippen LogP contribution in [0.2, 0.25) is 0 Å². The van der Waals surface area contributed by atoms with E-state index in [9.17, 15) is 13.2 Å². The number of hydrogen-bond donors (Lipinski definition) is 2. The Morgan fingerprint density at radius 3 is 2.40 bits per heavy atom. The molecule has 0 amide bonds. The summed E-state index contributed by atoms with van der Waals surface area (Å²) < 4.78 is 38.2. The molecule has 0 fully saturated rings. The van der Waals surface area contributed by atoms with Crippen molar-refractivity contribution in [1.82, 2.24) is 0 Å². The molecule has 0 spiro atoms. The van der Waals surface area contributed by atoms with Gasteiger partial charge in [0.25, 0.3) is 0 Å². The van der Waals surface area contributed by atoms with Gasteiger partial charge in [0.2, 0.25) is 0 Å². The molecule has 2 rings (SSSR count). The molecule has 3 N–H and O–H groups in total. The number of halogens is 3. The molecule has 0 atom stereocenters. The number of nitrogens with two attached hydrogens (primary N) is 1. The molecule has 0 aliphatic rings. The molecule has 0 heterocycles. The number of anilines is 3. The molecule has 6 heteroatoms. The maximum Gasteiger partial charge on any atom is 0.418 e. The molecule has 3 nitrogen and oxygen atoms in total. The van der Waals surface area contributed by atoms with Gasteiger partial charge in [0, 0.05) is 17.1 Å². The summed E-state index contributed by atoms with van der Waals surface area (Å²) in [7, 11) is 0. The largest absolute Gasteiger partial charge is 0.418 e. The average molecular weight is 277 g/mol. The van der Waals surface area contributed by atoms with Gasteiger partial charge >= 0.3 is 6.18 Å². The second-order valence-corrected chi connectivity index (χ2v) is 4.12. The van der Waals surface area contributed by atoms with Crippen LogP contribution in [0, 0.1) is 11.3 Å². The van der Waals surface area contributed by atoms with Gasteiger partial charge in [0.1, 0.15) is 0 Å². The highest BCUT2D eigenvalue weighted by atomic mass is 19.4. The molecular weight excluding hydrogens is 267 g/mol. The lowest BCUT2D eigenvalue weighted by molar-refractivity contribution is -0.136. The highest BCUT2D eigenvalue weighted by Crippen LogP contribution is 2.35. The summed E-state index contributed by atoms with van der Waals surface area (Å²) in [6.07, 6.45) is -4.50. The molecule has 0 aromatic heterocycles. The first kappa shape index (κ1) is 13.7. The first-order valence-corrected chi connectivity index (χ1v) is 5.64. The van der Waals surface area contributed by atoms with Crippen LogP contribution in [0.5, 0.6) is 0 Å². The van der Waals surface area contributed by atoms with E-state index in [1.807, 2.05) is 6.07 Å². The van der Waals surface area contributed by atoms with E-state index in [0.717, 1.165) is 6.07 Å². The Hall–Kier alpha value is -2.68. The van der Waals surface area contributed by atoms with E-state index in [1.54, 1.807) is 24.3 Å². The van der Waals surface area contributed by atoms with E-state index in [0.29, 0.717) is 11.3 Å². The lowest BCUT2D eigenvalue weighted by Gasteiger charge is -2.13. The summed E-state index contributed by atoms with van der Waals surface area (Å²) in [5.74, 6) is 0. The van der Waals surface area contributed by atoms with Gasteiger partial charge in [-0.25, -0.2) is 0 Å². The predicted octanol–water partition coefficient (Wildman–Crippen LogP) is 3.90. The molecule has 0 saturated carbocycles. The summed E-state index contributed by atoms with van der Waals surface area (Å²) in [4.78, 5) is 0. The number of rotatable bonds is 2. The Bertz CT molecular complexity index is 672. The number of alkyl halides is 3. The third-order valence-corrected chi connectivity index (χ3v) is 2.64. The Labute approximate surface area is 113 Å². The molecule has 2 aromatic carbocycles. The third kappa shape index (κ3) is 3.01. The van der Waals surface area contributed by atoms with Crippen molar-refractivity contribution < 1.29 is 13.2 Å². The SMILES string of the molecule is N#Cc1cccc(Nc2ccc(N)c(C(F)(F)F)c2)c1. The van der Waals surface area contributed by atoms with Crippen molar-refractivity contribution in [2.24, 2.45) is 0 Å². The molecular formula is C14H10F3N3. The number of nitrogen functional groups attached to an aromatic ring is 1. The van der Waals surface area contributed by atoms with Crippen molar-refractivity contribution in [3.63, 3.8) is 0 Å². The maximum absolute atomic E-state index is 12.7. The smallest absolute Gasteiger partial charge is 0.398 e. The molecule has 0 aliphatic heterocycles. The van der Waals surface area contributed by atoms with Crippen LogP contribution in [0.4, 0.5) is 30.2 Å². The van der Waals surface area contributed by atoms with E-state index in [-0.39, 0.29) is 11.4 Å². The van der Waals surface area contributed by atoms with Gasteiger partial charge in [-0.05, 0) is 36.4 Å². The number of hydrogen-bond acceptors (Lipinski definition) is 3. The monoisotopic (exact) mass is 277 g/mol. The standard InChI is InChI=1S/C14H10F3N3/c15-14(16,17)12-7-11(4-5-13(12)19)20-10-3-1-2-9(6-10)8-18/h1-7,20H,19H2. The van der Waals surface area contributed by atoms with Crippen LogP contribution in [0.1, 0.15) is 11.1 Å². The fourth-order valence-corrected chi connectivity index (χ4v) is 1.71. The van der Waals surface area contributed by atoms with Crippen LogP contribution in [0.25, 0.3) is 0 Å². The fraction of sp³-hybridized carbons (Fsp3) is 0.0714. The van der Waals surface area contributed by atoms with E-state index in [2.05, 4.69) is 5.32 Å². The van der Waals surface area contributed by atoms with Crippen LogP contribution in [0.3, 0.4) is 0 Å². The van der Waals surface area contributed by atoms with Crippen LogP contribution < -0.4 is 11.1 Å². The minimum Gasteiger partial charge on any atom is -0.398 e. The first-order chi connectivity index (χ1) is 9.40. The summed E-state index contributed by atoms with van der Waals surface area (Å²) in [5, 5.41) is 11.6. The second-order valence-electron chi connectivity index (χ2n) is 4.12. The Morgan fingerprint density at radius 2 is 1.75 bits per heavy atom. The molecule has 0 aliphatic carbocycles. The lowest BCUT2D eigenvalue weighted by atomic mass is 10.1.